The van der Waals surface area contributed by atoms with Crippen LogP contribution in [0, 0.1) is 5.82 Å². The molecule has 0 aliphatic rings. The van der Waals surface area contributed by atoms with Crippen molar-refractivity contribution in [3.63, 3.8) is 0 Å². The monoisotopic (exact) mass is 385 g/mol. The van der Waals surface area contributed by atoms with Crippen LogP contribution in [0.1, 0.15) is 15.9 Å². The maximum atomic E-state index is 13.8. The molecule has 0 spiro atoms. The Morgan fingerprint density at radius 1 is 1.14 bits per heavy atom. The summed E-state index contributed by atoms with van der Waals surface area (Å²) >= 11 is 0. The zero-order valence-corrected chi connectivity index (χ0v) is 14.6. The van der Waals surface area contributed by atoms with Gasteiger partial charge in [-0.2, -0.15) is 5.10 Å². The number of aromatic nitrogens is 4. The highest BCUT2D eigenvalue weighted by molar-refractivity contribution is 5.93. The van der Waals surface area contributed by atoms with Gasteiger partial charge in [0.15, 0.2) is 0 Å². The Labute approximate surface area is 157 Å². The number of aromatic amines is 1. The third-order valence-electron chi connectivity index (χ3n) is 3.99. The highest BCUT2D eigenvalue weighted by atomic mass is 19.1. The Morgan fingerprint density at radius 3 is 2.68 bits per heavy atom. The molecule has 1 amide bonds. The van der Waals surface area contributed by atoms with Crippen molar-refractivity contribution in [1.82, 2.24) is 24.6 Å². The van der Waals surface area contributed by atoms with E-state index in [1.54, 1.807) is 6.07 Å². The summed E-state index contributed by atoms with van der Waals surface area (Å²) in [4.78, 5) is 50.7. The van der Waals surface area contributed by atoms with E-state index < -0.39 is 23.0 Å². The number of nitrogens with one attached hydrogen (secondary N) is 2. The van der Waals surface area contributed by atoms with Gasteiger partial charge in [-0.05, 0) is 12.1 Å². The molecule has 0 saturated carbocycles. The molecule has 0 bridgehead atoms. The van der Waals surface area contributed by atoms with Gasteiger partial charge in [-0.15, -0.1) is 0 Å². The molecule has 0 unspecified atom stereocenters. The van der Waals surface area contributed by atoms with Crippen molar-refractivity contribution in [3.05, 3.63) is 96.9 Å². The van der Waals surface area contributed by atoms with Crippen LogP contribution in [-0.4, -0.2) is 31.8 Å². The van der Waals surface area contributed by atoms with Gasteiger partial charge in [0.05, 0.1) is 13.1 Å². The fourth-order valence-electron chi connectivity index (χ4n) is 2.54. The van der Waals surface area contributed by atoms with Gasteiger partial charge in [-0.25, -0.2) is 13.9 Å². The average molecular weight is 385 g/mol. The minimum atomic E-state index is -0.848. The van der Waals surface area contributed by atoms with Crippen molar-refractivity contribution in [1.29, 1.82) is 0 Å². The number of rotatable bonds is 6. The number of hydrogen-bond acceptors (Lipinski definition) is 5. The Hall–Kier alpha value is -3.82. The lowest BCUT2D eigenvalue weighted by Crippen LogP contribution is -2.41. The molecule has 2 N–H and O–H groups in total. The normalized spacial score (nSPS) is 10.6. The molecular formula is C18H16FN5O4. The van der Waals surface area contributed by atoms with E-state index in [2.05, 4.69) is 15.4 Å². The number of benzene rings is 1. The lowest BCUT2D eigenvalue weighted by atomic mass is 10.2. The van der Waals surface area contributed by atoms with Gasteiger partial charge >= 0.3 is 5.69 Å². The molecule has 3 aromatic rings. The lowest BCUT2D eigenvalue weighted by molar-refractivity contribution is 0.0949. The molecule has 3 rings (SSSR count). The Morgan fingerprint density at radius 2 is 1.93 bits per heavy atom. The average Bonchev–Trinajstić information content (AvgIpc) is 2.68. The second-order valence-corrected chi connectivity index (χ2v) is 5.83. The maximum Gasteiger partial charge on any atom is 0.328 e. The summed E-state index contributed by atoms with van der Waals surface area (Å²) in [5, 5.41) is 6.34. The van der Waals surface area contributed by atoms with Crippen LogP contribution in [0.15, 0.2) is 63.2 Å². The van der Waals surface area contributed by atoms with Gasteiger partial charge in [-0.1, -0.05) is 18.2 Å². The third-order valence-corrected chi connectivity index (χ3v) is 3.99. The summed E-state index contributed by atoms with van der Waals surface area (Å²) in [5.41, 5.74) is -2.09. The van der Waals surface area contributed by atoms with Crippen molar-refractivity contribution in [2.24, 2.45) is 0 Å². The summed E-state index contributed by atoms with van der Waals surface area (Å²) in [6.07, 6.45) is 2.44. The first kappa shape index (κ1) is 19.0. The second-order valence-electron chi connectivity index (χ2n) is 5.83. The molecule has 1 aromatic carbocycles. The van der Waals surface area contributed by atoms with Crippen LogP contribution in [0.3, 0.4) is 0 Å². The Bertz CT molecular complexity index is 1180. The molecule has 0 fully saturated rings. The number of carbonyl (C=O) groups excluding carboxylic acids is 1. The third kappa shape index (κ3) is 4.11. The molecule has 0 aliphatic carbocycles. The van der Waals surface area contributed by atoms with Crippen LogP contribution in [0.25, 0.3) is 0 Å². The van der Waals surface area contributed by atoms with E-state index in [1.165, 1.54) is 36.5 Å². The summed E-state index contributed by atoms with van der Waals surface area (Å²) in [7, 11) is 0. The van der Waals surface area contributed by atoms with E-state index in [-0.39, 0.29) is 36.3 Å². The fourth-order valence-corrected chi connectivity index (χ4v) is 2.54. The first-order valence-electron chi connectivity index (χ1n) is 8.33. The summed E-state index contributed by atoms with van der Waals surface area (Å²) in [6.45, 7) is -0.162. The molecular weight excluding hydrogens is 369 g/mol. The first-order chi connectivity index (χ1) is 13.5. The van der Waals surface area contributed by atoms with Crippen LogP contribution in [-0.2, 0) is 13.1 Å². The quantitative estimate of drug-likeness (QED) is 0.604. The van der Waals surface area contributed by atoms with E-state index in [4.69, 9.17) is 0 Å². The maximum absolute atomic E-state index is 13.8. The van der Waals surface area contributed by atoms with E-state index in [0.29, 0.717) is 0 Å². The molecule has 28 heavy (non-hydrogen) atoms. The molecule has 144 valence electrons. The summed E-state index contributed by atoms with van der Waals surface area (Å²) in [6, 6.07) is 8.55. The zero-order chi connectivity index (χ0) is 20.1. The molecule has 2 aromatic heterocycles. The van der Waals surface area contributed by atoms with Gasteiger partial charge < -0.3 is 10.3 Å². The number of halogens is 1. The molecule has 0 radical (unpaired) electrons. The molecule has 2 heterocycles. The van der Waals surface area contributed by atoms with E-state index >= 15 is 0 Å². The summed E-state index contributed by atoms with van der Waals surface area (Å²) in [5.74, 6) is -1.29. The van der Waals surface area contributed by atoms with Crippen LogP contribution in [0.2, 0.25) is 0 Å². The van der Waals surface area contributed by atoms with Gasteiger partial charge in [0, 0.05) is 30.6 Å². The highest BCUT2D eigenvalue weighted by Crippen LogP contribution is 2.06. The number of nitrogens with zero attached hydrogens (tertiary/aromatic N) is 3. The van der Waals surface area contributed by atoms with Crippen molar-refractivity contribution in [2.45, 2.75) is 13.1 Å². The van der Waals surface area contributed by atoms with Gasteiger partial charge in [0.1, 0.15) is 11.4 Å². The van der Waals surface area contributed by atoms with E-state index in [0.717, 1.165) is 15.4 Å². The largest absolute Gasteiger partial charge is 0.350 e. The lowest BCUT2D eigenvalue weighted by Gasteiger charge is -2.09. The minimum Gasteiger partial charge on any atom is -0.350 e. The molecule has 9 nitrogen and oxygen atoms in total. The second kappa shape index (κ2) is 8.25. The van der Waals surface area contributed by atoms with E-state index in [1.807, 2.05) is 0 Å². The first-order valence-corrected chi connectivity index (χ1v) is 8.33. The molecule has 10 heteroatoms. The van der Waals surface area contributed by atoms with Crippen molar-refractivity contribution < 1.29 is 9.18 Å². The van der Waals surface area contributed by atoms with Crippen LogP contribution in [0.5, 0.6) is 0 Å². The van der Waals surface area contributed by atoms with Crippen molar-refractivity contribution in [3.8, 4) is 0 Å². The number of hydrogen-bond donors (Lipinski definition) is 2. The predicted molar refractivity (Wildman–Crippen MR) is 97.7 cm³/mol. The topological polar surface area (TPSA) is 119 Å². The number of amides is 1. The smallest absolute Gasteiger partial charge is 0.328 e. The van der Waals surface area contributed by atoms with Crippen LogP contribution in [0.4, 0.5) is 4.39 Å². The summed E-state index contributed by atoms with van der Waals surface area (Å²) < 4.78 is 15.7. The molecule has 0 saturated heterocycles. The van der Waals surface area contributed by atoms with Crippen LogP contribution >= 0.6 is 0 Å². The SMILES string of the molecule is O=C(NCCn1ncccc1=O)c1c[nH]c(=O)n(Cc2ccccc2F)c1=O. The Balaban J connectivity index is 1.77. The zero-order valence-electron chi connectivity index (χ0n) is 14.6. The molecule has 0 atom stereocenters. The highest BCUT2D eigenvalue weighted by Gasteiger charge is 2.15. The van der Waals surface area contributed by atoms with Gasteiger partial charge in [0.2, 0.25) is 0 Å². The van der Waals surface area contributed by atoms with E-state index in [9.17, 15) is 23.6 Å². The Kier molecular flexibility index (Phi) is 5.58. The standard InChI is InChI=1S/C18H16FN5O4/c19-14-5-2-1-4-12(14)11-23-17(27)13(10-21-18(23)28)16(26)20-8-9-24-15(25)6-3-7-22-24/h1-7,10H,8-9,11H2,(H,20,26)(H,21,28). The van der Waals surface area contributed by atoms with Crippen molar-refractivity contribution in [2.75, 3.05) is 6.54 Å². The molecule has 0 aliphatic heterocycles. The number of H-pyrrole nitrogens is 1. The van der Waals surface area contributed by atoms with Gasteiger partial charge in [0.25, 0.3) is 17.0 Å². The van der Waals surface area contributed by atoms with Gasteiger partial charge in [-0.3, -0.25) is 19.0 Å². The van der Waals surface area contributed by atoms with Crippen molar-refractivity contribution >= 4 is 5.91 Å². The predicted octanol–water partition coefficient (Wildman–Crippen LogP) is -0.289. The van der Waals surface area contributed by atoms with Crippen LogP contribution < -0.4 is 22.1 Å². The minimum absolute atomic E-state index is 0.0433. The number of carbonyl (C=O) groups is 1. The fraction of sp³-hybridized carbons (Fsp3) is 0.167.